The van der Waals surface area contributed by atoms with Gasteiger partial charge < -0.3 is 19.9 Å². The third kappa shape index (κ3) is 5.23. The van der Waals surface area contributed by atoms with E-state index in [1.807, 2.05) is 36.9 Å². The van der Waals surface area contributed by atoms with Crippen molar-refractivity contribution in [2.24, 2.45) is 17.8 Å². The van der Waals surface area contributed by atoms with Crippen molar-refractivity contribution in [2.75, 3.05) is 45.9 Å². The molecule has 0 spiro atoms. The lowest BCUT2D eigenvalue weighted by molar-refractivity contribution is -0.125. The lowest BCUT2D eigenvalue weighted by Crippen LogP contribution is -2.37. The van der Waals surface area contributed by atoms with Gasteiger partial charge in [0.15, 0.2) is 0 Å². The van der Waals surface area contributed by atoms with Gasteiger partial charge in [-0.25, -0.2) is 9.97 Å². The molecule has 1 aromatic heterocycles. The van der Waals surface area contributed by atoms with Crippen LogP contribution in [-0.2, 0) is 9.53 Å². The first-order valence-corrected chi connectivity index (χ1v) is 12.7. The van der Waals surface area contributed by atoms with Crippen LogP contribution in [0.5, 0.6) is 0 Å². The van der Waals surface area contributed by atoms with E-state index >= 15 is 0 Å². The van der Waals surface area contributed by atoms with E-state index in [-0.39, 0.29) is 23.8 Å². The zero-order chi connectivity index (χ0) is 24.4. The number of fused-ring (bicyclic) bond motifs is 1. The SMILES string of the molecule is Cc1ncnc(C)c1C(=O)N1C[C@H]2CN(CC[C@H](NC(=O)C3CCOC3)c3ccccc3)C[C@H]2C1. The molecule has 5 rings (SSSR count). The van der Waals surface area contributed by atoms with Gasteiger partial charge in [0.1, 0.15) is 6.33 Å². The van der Waals surface area contributed by atoms with Gasteiger partial charge in [-0.1, -0.05) is 30.3 Å². The molecule has 0 saturated carbocycles. The molecule has 186 valence electrons. The van der Waals surface area contributed by atoms with Gasteiger partial charge in [0.05, 0.1) is 35.5 Å². The normalized spacial score (nSPS) is 25.0. The van der Waals surface area contributed by atoms with Crippen LogP contribution >= 0.6 is 0 Å². The number of aryl methyl sites for hydroxylation is 2. The molecule has 0 radical (unpaired) electrons. The molecular formula is C27H35N5O3. The second kappa shape index (κ2) is 10.4. The van der Waals surface area contributed by atoms with Crippen molar-refractivity contribution in [3.8, 4) is 0 Å². The first-order valence-electron chi connectivity index (χ1n) is 12.7. The number of nitrogens with zero attached hydrogens (tertiary/aromatic N) is 4. The van der Waals surface area contributed by atoms with Crippen molar-refractivity contribution < 1.29 is 14.3 Å². The van der Waals surface area contributed by atoms with E-state index in [9.17, 15) is 9.59 Å². The van der Waals surface area contributed by atoms with Crippen LogP contribution in [0.2, 0.25) is 0 Å². The fraction of sp³-hybridized carbons (Fsp3) is 0.556. The minimum Gasteiger partial charge on any atom is -0.381 e. The lowest BCUT2D eigenvalue weighted by Gasteiger charge is -2.25. The third-order valence-corrected chi connectivity index (χ3v) is 7.84. The van der Waals surface area contributed by atoms with Gasteiger partial charge in [0, 0.05) is 39.3 Å². The van der Waals surface area contributed by atoms with Crippen LogP contribution in [0.4, 0.5) is 0 Å². The molecule has 3 fully saturated rings. The Hall–Kier alpha value is -2.84. The van der Waals surface area contributed by atoms with Crippen LogP contribution < -0.4 is 5.32 Å². The fourth-order valence-corrected chi connectivity index (χ4v) is 5.85. The van der Waals surface area contributed by atoms with Crippen molar-refractivity contribution in [1.82, 2.24) is 25.1 Å². The molecule has 1 unspecified atom stereocenters. The Morgan fingerprint density at radius 3 is 2.37 bits per heavy atom. The van der Waals surface area contributed by atoms with E-state index in [2.05, 4.69) is 32.3 Å². The summed E-state index contributed by atoms with van der Waals surface area (Å²) in [5.74, 6) is 1.09. The summed E-state index contributed by atoms with van der Waals surface area (Å²) in [4.78, 5) is 38.9. The number of amides is 2. The summed E-state index contributed by atoms with van der Waals surface area (Å²) in [6.45, 7) is 9.42. The Bertz CT molecular complexity index is 1020. The van der Waals surface area contributed by atoms with Crippen molar-refractivity contribution in [2.45, 2.75) is 32.7 Å². The van der Waals surface area contributed by atoms with Crippen molar-refractivity contribution in [3.63, 3.8) is 0 Å². The van der Waals surface area contributed by atoms with Crippen LogP contribution in [0, 0.1) is 31.6 Å². The Morgan fingerprint density at radius 1 is 1.06 bits per heavy atom. The molecule has 0 aliphatic carbocycles. The maximum Gasteiger partial charge on any atom is 0.257 e. The van der Waals surface area contributed by atoms with Gasteiger partial charge >= 0.3 is 0 Å². The smallest absolute Gasteiger partial charge is 0.257 e. The standard InChI is InChI=1S/C27H35N5O3/c1-18-25(19(2)29-17-28-18)27(34)32-14-22-12-31(13-23(22)15-32)10-8-24(20-6-4-3-5-7-20)30-26(33)21-9-11-35-16-21/h3-7,17,21-24H,8-16H2,1-2H3,(H,30,33)/t21?,22-,23+,24-/m0/s1. The van der Waals surface area contributed by atoms with E-state index in [0.717, 1.165) is 62.5 Å². The highest BCUT2D eigenvalue weighted by Gasteiger charge is 2.42. The van der Waals surface area contributed by atoms with Crippen LogP contribution in [0.15, 0.2) is 36.7 Å². The molecule has 4 atom stereocenters. The Balaban J connectivity index is 1.17. The Labute approximate surface area is 207 Å². The molecule has 35 heavy (non-hydrogen) atoms. The number of benzene rings is 1. The monoisotopic (exact) mass is 477 g/mol. The number of likely N-dealkylation sites (tertiary alicyclic amines) is 2. The second-order valence-corrected chi connectivity index (χ2v) is 10.2. The van der Waals surface area contributed by atoms with Crippen molar-refractivity contribution in [1.29, 1.82) is 0 Å². The summed E-state index contributed by atoms with van der Waals surface area (Å²) >= 11 is 0. The molecule has 2 aromatic rings. The number of hydrogen-bond donors (Lipinski definition) is 1. The average molecular weight is 478 g/mol. The number of carbonyl (C=O) groups excluding carboxylic acids is 2. The largest absolute Gasteiger partial charge is 0.381 e. The molecule has 1 N–H and O–H groups in total. The minimum atomic E-state index is -0.0434. The van der Waals surface area contributed by atoms with E-state index in [0.29, 0.717) is 30.6 Å². The summed E-state index contributed by atoms with van der Waals surface area (Å²) < 4.78 is 5.41. The van der Waals surface area contributed by atoms with Crippen molar-refractivity contribution >= 4 is 11.8 Å². The highest BCUT2D eigenvalue weighted by atomic mass is 16.5. The third-order valence-electron chi connectivity index (χ3n) is 7.84. The van der Waals surface area contributed by atoms with E-state index in [4.69, 9.17) is 4.74 Å². The number of aromatic nitrogens is 2. The van der Waals surface area contributed by atoms with Crippen LogP contribution in [0.25, 0.3) is 0 Å². The molecule has 3 aliphatic heterocycles. The number of rotatable bonds is 7. The molecule has 8 nitrogen and oxygen atoms in total. The summed E-state index contributed by atoms with van der Waals surface area (Å²) in [5, 5.41) is 3.29. The lowest BCUT2D eigenvalue weighted by atomic mass is 10.0. The summed E-state index contributed by atoms with van der Waals surface area (Å²) in [7, 11) is 0. The first-order chi connectivity index (χ1) is 17.0. The first kappa shape index (κ1) is 23.9. The van der Waals surface area contributed by atoms with E-state index < -0.39 is 0 Å². The van der Waals surface area contributed by atoms with Crippen LogP contribution in [0.3, 0.4) is 0 Å². The number of carbonyl (C=O) groups is 2. The molecule has 3 saturated heterocycles. The van der Waals surface area contributed by atoms with Gasteiger partial charge in [-0.05, 0) is 44.1 Å². The molecule has 2 amide bonds. The summed E-state index contributed by atoms with van der Waals surface area (Å²) in [6, 6.07) is 10.2. The Morgan fingerprint density at radius 2 is 1.74 bits per heavy atom. The zero-order valence-corrected chi connectivity index (χ0v) is 20.7. The van der Waals surface area contributed by atoms with Gasteiger partial charge in [0.2, 0.25) is 5.91 Å². The highest BCUT2D eigenvalue weighted by molar-refractivity contribution is 5.96. The van der Waals surface area contributed by atoms with E-state index in [1.165, 1.54) is 6.33 Å². The topological polar surface area (TPSA) is 87.7 Å². The van der Waals surface area contributed by atoms with Gasteiger partial charge in [-0.15, -0.1) is 0 Å². The zero-order valence-electron chi connectivity index (χ0n) is 20.7. The quantitative estimate of drug-likeness (QED) is 0.659. The number of ether oxygens (including phenoxy) is 1. The predicted molar refractivity (Wildman–Crippen MR) is 132 cm³/mol. The fourth-order valence-electron chi connectivity index (χ4n) is 5.85. The van der Waals surface area contributed by atoms with Gasteiger partial charge in [-0.3, -0.25) is 9.59 Å². The van der Waals surface area contributed by atoms with Gasteiger partial charge in [0.25, 0.3) is 5.91 Å². The molecule has 4 heterocycles. The predicted octanol–water partition coefficient (Wildman–Crippen LogP) is 2.38. The molecule has 3 aliphatic rings. The Kier molecular flexibility index (Phi) is 7.11. The summed E-state index contributed by atoms with van der Waals surface area (Å²) in [5.41, 5.74) is 3.30. The maximum absolute atomic E-state index is 13.2. The highest BCUT2D eigenvalue weighted by Crippen LogP contribution is 2.33. The number of hydrogen-bond acceptors (Lipinski definition) is 6. The second-order valence-electron chi connectivity index (χ2n) is 10.2. The molecule has 1 aromatic carbocycles. The number of nitrogens with one attached hydrogen (secondary N) is 1. The minimum absolute atomic E-state index is 0.00755. The van der Waals surface area contributed by atoms with Gasteiger partial charge in [-0.2, -0.15) is 0 Å². The molecule has 0 bridgehead atoms. The summed E-state index contributed by atoms with van der Waals surface area (Å²) in [6.07, 6.45) is 3.18. The van der Waals surface area contributed by atoms with Crippen LogP contribution in [0.1, 0.15) is 46.2 Å². The maximum atomic E-state index is 13.2. The van der Waals surface area contributed by atoms with Crippen molar-refractivity contribution in [3.05, 3.63) is 59.2 Å². The van der Waals surface area contributed by atoms with E-state index in [1.54, 1.807) is 0 Å². The van der Waals surface area contributed by atoms with Crippen LogP contribution in [-0.4, -0.2) is 77.5 Å². The molecule has 8 heteroatoms. The molecular weight excluding hydrogens is 442 g/mol. The average Bonchev–Trinajstić information content (AvgIpc) is 3.59.